The Morgan fingerprint density at radius 1 is 0.506 bits per heavy atom. The predicted octanol–water partition coefficient (Wildman–Crippen LogP) is 14.7. The number of para-hydroxylation sites is 1. The molecule has 0 fully saturated rings. The highest BCUT2D eigenvalue weighted by Gasteiger charge is 2.24. The highest BCUT2D eigenvalue weighted by atomic mass is 32.2. The number of aromatic nitrogens is 3. The van der Waals surface area contributed by atoms with Crippen molar-refractivity contribution in [3.63, 3.8) is 0 Å². The van der Waals surface area contributed by atoms with Crippen molar-refractivity contribution in [2.24, 2.45) is 0 Å². The second-order valence-electron chi connectivity index (χ2n) is 22.8. The average Bonchev–Trinajstić information content (AvgIpc) is 3.99. The average molecular weight is 1150 g/mol. The molecule has 77 heavy (non-hydrogen) atoms. The molecular formula is C60H79N3O9S5. The molecule has 0 bridgehead atoms. The first-order valence-electron chi connectivity index (χ1n) is 26.1. The lowest BCUT2D eigenvalue weighted by Crippen LogP contribution is -2.18. The van der Waals surface area contributed by atoms with E-state index in [1.807, 2.05) is 96.1 Å². The van der Waals surface area contributed by atoms with Crippen LogP contribution in [0.1, 0.15) is 152 Å². The molecule has 0 spiro atoms. The zero-order chi connectivity index (χ0) is 57.0. The van der Waals surface area contributed by atoms with Gasteiger partial charge >= 0.3 is 17.9 Å². The van der Waals surface area contributed by atoms with Crippen LogP contribution in [0.4, 0.5) is 0 Å². The summed E-state index contributed by atoms with van der Waals surface area (Å²) in [7, 11) is 0. The minimum Gasteiger partial charge on any atom is -0.507 e. The highest BCUT2D eigenvalue weighted by Crippen LogP contribution is 2.38. The van der Waals surface area contributed by atoms with Gasteiger partial charge in [0.25, 0.3) is 0 Å². The van der Waals surface area contributed by atoms with E-state index < -0.39 is 0 Å². The van der Waals surface area contributed by atoms with Gasteiger partial charge in [-0.3, -0.25) is 14.4 Å². The third-order valence-corrected chi connectivity index (χ3v) is 18.4. The molecule has 4 aromatic carbocycles. The number of carbonyl (C=O) groups excluding carboxylic acids is 3. The molecule has 2 aromatic heterocycles. The van der Waals surface area contributed by atoms with Crippen molar-refractivity contribution in [1.29, 1.82) is 0 Å². The second-order valence-corrected chi connectivity index (χ2v) is 28.6. The number of fused-ring (bicyclic) bond motifs is 1. The molecule has 0 radical (unpaired) electrons. The van der Waals surface area contributed by atoms with Gasteiger partial charge in [-0.05, 0) is 139 Å². The molecule has 17 heteroatoms. The number of hydrogen-bond acceptors (Lipinski definition) is 17. The minimum absolute atomic E-state index is 0.155. The first kappa shape index (κ1) is 63.0. The van der Waals surface area contributed by atoms with Crippen molar-refractivity contribution < 1.29 is 43.9 Å². The Balaban J connectivity index is 0.000000312. The minimum atomic E-state index is -0.288. The van der Waals surface area contributed by atoms with Gasteiger partial charge in [-0.15, -0.1) is 21.5 Å². The number of aromatic hydroxyl groups is 3. The van der Waals surface area contributed by atoms with Crippen molar-refractivity contribution in [3.8, 4) is 17.2 Å². The molecule has 3 atom stereocenters. The van der Waals surface area contributed by atoms with Crippen molar-refractivity contribution >= 4 is 86.1 Å². The molecule has 0 aliphatic heterocycles. The van der Waals surface area contributed by atoms with Gasteiger partial charge < -0.3 is 29.5 Å². The van der Waals surface area contributed by atoms with Crippen molar-refractivity contribution in [2.45, 2.75) is 190 Å². The van der Waals surface area contributed by atoms with E-state index in [-0.39, 0.29) is 65.3 Å². The van der Waals surface area contributed by atoms with Crippen LogP contribution >= 0.6 is 58.0 Å². The van der Waals surface area contributed by atoms with E-state index in [2.05, 4.69) is 83.6 Å². The van der Waals surface area contributed by atoms with Crippen molar-refractivity contribution in [2.75, 3.05) is 17.3 Å². The number of rotatable bonds is 21. The number of nitrogens with zero attached hydrogens (tertiary/aromatic N) is 3. The molecule has 0 saturated carbocycles. The molecule has 2 heterocycles. The number of phenols is 3. The standard InChI is InChI=1S/C36H50N2O6S3.C24H29NO3S2/c1-21-15-25(17-27(31(21)41)35(5,6)7)11-13-29(39)43-23(3)19-45-33-37-38-34(47-33)46-20-24(4)44-30(40)14-12-26-16-22(2)32(42)28(18-26)36(8,9)10;1-15-12-17(13-18(22(15)27)24(3,4)5)10-11-21(26)28-16(2)14-29-23-25-19-8-6-7-9-20(19)30-23/h15-18,23-24,41-42H,11-14,19-20H2,1-10H3;6-9,12-13,16,27H,10-11,14H2,1-5H3. The normalized spacial score (nSPS) is 13.1. The summed E-state index contributed by atoms with van der Waals surface area (Å²) in [6.45, 7) is 29.9. The topological polar surface area (TPSA) is 178 Å². The highest BCUT2D eigenvalue weighted by molar-refractivity contribution is 8.03. The van der Waals surface area contributed by atoms with Crippen LogP contribution in [0, 0.1) is 20.8 Å². The molecule has 6 aromatic rings. The number of carbonyl (C=O) groups is 3. The lowest BCUT2D eigenvalue weighted by Gasteiger charge is -2.22. The Morgan fingerprint density at radius 2 is 0.831 bits per heavy atom. The van der Waals surface area contributed by atoms with Gasteiger partial charge in [0.15, 0.2) is 13.0 Å². The number of esters is 3. The zero-order valence-corrected chi connectivity index (χ0v) is 51.6. The molecule has 0 amide bonds. The largest absolute Gasteiger partial charge is 0.507 e. The summed E-state index contributed by atoms with van der Waals surface area (Å²) >= 11 is 7.73. The quantitative estimate of drug-likeness (QED) is 0.0352. The first-order valence-corrected chi connectivity index (χ1v) is 30.7. The maximum Gasteiger partial charge on any atom is 0.306 e. The third kappa shape index (κ3) is 19.8. The van der Waals surface area contributed by atoms with Crippen molar-refractivity contribution in [3.05, 3.63) is 111 Å². The van der Waals surface area contributed by atoms with E-state index >= 15 is 0 Å². The number of phenolic OH excluding ortho intramolecular Hbond substituents is 3. The van der Waals surface area contributed by atoms with E-state index in [4.69, 9.17) is 14.2 Å². The summed E-state index contributed by atoms with van der Waals surface area (Å²) in [6.07, 6.45) is 1.78. The Hall–Kier alpha value is -4.81. The van der Waals surface area contributed by atoms with Crippen LogP contribution < -0.4 is 0 Å². The summed E-state index contributed by atoms with van der Waals surface area (Å²) < 4.78 is 20.6. The summed E-state index contributed by atoms with van der Waals surface area (Å²) in [6, 6.07) is 19.8. The lowest BCUT2D eigenvalue weighted by atomic mass is 9.83. The first-order chi connectivity index (χ1) is 36.0. The Kier molecular flexibility index (Phi) is 22.8. The van der Waals surface area contributed by atoms with Gasteiger partial charge in [-0.1, -0.05) is 157 Å². The maximum atomic E-state index is 12.5. The fourth-order valence-electron chi connectivity index (χ4n) is 8.19. The maximum absolute atomic E-state index is 12.5. The van der Waals surface area contributed by atoms with Crippen LogP contribution in [0.3, 0.4) is 0 Å². The van der Waals surface area contributed by atoms with Gasteiger partial charge in [0.05, 0.1) is 10.2 Å². The summed E-state index contributed by atoms with van der Waals surface area (Å²) in [5.74, 6) is 2.05. The smallest absolute Gasteiger partial charge is 0.306 e. The van der Waals surface area contributed by atoms with E-state index in [0.717, 1.165) is 68.6 Å². The lowest BCUT2D eigenvalue weighted by molar-refractivity contribution is -0.148. The van der Waals surface area contributed by atoms with Crippen LogP contribution in [0.5, 0.6) is 17.2 Å². The number of benzene rings is 4. The molecule has 3 unspecified atom stereocenters. The molecule has 418 valence electrons. The summed E-state index contributed by atoms with van der Waals surface area (Å²) in [4.78, 5) is 42.0. The fourth-order valence-corrected chi connectivity index (χ4v) is 13.1. The van der Waals surface area contributed by atoms with Gasteiger partial charge in [0, 0.05) is 36.5 Å². The molecule has 3 N–H and O–H groups in total. The monoisotopic (exact) mass is 1150 g/mol. The third-order valence-electron chi connectivity index (χ3n) is 12.3. The predicted molar refractivity (Wildman–Crippen MR) is 318 cm³/mol. The van der Waals surface area contributed by atoms with E-state index in [9.17, 15) is 29.7 Å². The molecule has 12 nitrogen and oxygen atoms in total. The van der Waals surface area contributed by atoms with Crippen LogP contribution in [0.25, 0.3) is 10.2 Å². The fraction of sp³-hybridized carbons (Fsp3) is 0.500. The molecular weight excluding hydrogens is 1070 g/mol. The number of aryl methyl sites for hydroxylation is 6. The Labute approximate surface area is 477 Å². The van der Waals surface area contributed by atoms with E-state index in [1.54, 1.807) is 23.1 Å². The second kappa shape index (κ2) is 27.9. The van der Waals surface area contributed by atoms with Crippen LogP contribution in [0.15, 0.2) is 73.7 Å². The van der Waals surface area contributed by atoms with Gasteiger partial charge in [0.2, 0.25) is 0 Å². The SMILES string of the molecule is Cc1cc(CCC(=O)OC(C)CSc2nc3ccccc3s2)cc(C(C)(C)C)c1O.Cc1cc(CCC(=O)OC(C)CSc2nnc(SCC(C)OC(=O)CCc3cc(C)c(O)c(C(C)(C)C)c3)s2)cc(C(C)(C)C)c1O. The van der Waals surface area contributed by atoms with E-state index in [1.165, 1.54) is 39.6 Å². The Morgan fingerprint density at radius 3 is 1.16 bits per heavy atom. The van der Waals surface area contributed by atoms with Crippen LogP contribution in [-0.2, 0) is 64.1 Å². The van der Waals surface area contributed by atoms with Crippen molar-refractivity contribution in [1.82, 2.24) is 15.2 Å². The molecule has 0 aliphatic rings. The summed E-state index contributed by atoms with van der Waals surface area (Å²) in [5, 5.41) is 39.8. The van der Waals surface area contributed by atoms with Crippen LogP contribution in [0.2, 0.25) is 0 Å². The van der Waals surface area contributed by atoms with E-state index in [0.29, 0.717) is 60.2 Å². The summed E-state index contributed by atoms with van der Waals surface area (Å²) in [5.41, 5.74) is 8.63. The van der Waals surface area contributed by atoms with Gasteiger partial charge in [-0.25, -0.2) is 4.98 Å². The molecule has 0 saturated heterocycles. The Bertz CT molecular complexity index is 2820. The van der Waals surface area contributed by atoms with Gasteiger partial charge in [-0.2, -0.15) is 0 Å². The number of thioether (sulfide) groups is 3. The number of thiazole rings is 1. The molecule has 6 rings (SSSR count). The zero-order valence-electron chi connectivity index (χ0n) is 47.5. The number of hydrogen-bond donors (Lipinski definition) is 3. The number of ether oxygens (including phenoxy) is 3. The van der Waals surface area contributed by atoms with Crippen LogP contribution in [-0.4, -0.2) is 84.0 Å². The van der Waals surface area contributed by atoms with Gasteiger partial charge in [0.1, 0.15) is 35.6 Å². The molecule has 0 aliphatic carbocycles.